The minimum atomic E-state index is -0.931. The van der Waals surface area contributed by atoms with Gasteiger partial charge in [-0.25, -0.2) is 4.79 Å². The van der Waals surface area contributed by atoms with Crippen LogP contribution in [0.15, 0.2) is 5.16 Å². The van der Waals surface area contributed by atoms with Gasteiger partial charge in [0.15, 0.2) is 5.16 Å². The first-order chi connectivity index (χ1) is 10.9. The number of carboxylic acids is 1. The van der Waals surface area contributed by atoms with Crippen molar-refractivity contribution in [3.63, 3.8) is 0 Å². The predicted octanol–water partition coefficient (Wildman–Crippen LogP) is 1.36. The topological polar surface area (TPSA) is 109 Å². The Morgan fingerprint density at radius 2 is 1.96 bits per heavy atom. The molecule has 1 aromatic heterocycles. The van der Waals surface area contributed by atoms with Crippen LogP contribution in [0.25, 0.3) is 0 Å². The number of amides is 2. The lowest BCUT2D eigenvalue weighted by atomic mass is 10.2. The molecule has 0 atom stereocenters. The van der Waals surface area contributed by atoms with Crippen molar-refractivity contribution in [3.8, 4) is 0 Å². The van der Waals surface area contributed by atoms with Gasteiger partial charge in [-0.1, -0.05) is 25.6 Å². The first-order valence-corrected chi connectivity index (χ1v) is 8.86. The zero-order valence-electron chi connectivity index (χ0n) is 13.8. The highest BCUT2D eigenvalue weighted by Crippen LogP contribution is 2.16. The van der Waals surface area contributed by atoms with Crippen LogP contribution in [0.4, 0.5) is 4.79 Å². The minimum absolute atomic E-state index is 0.0802. The summed E-state index contributed by atoms with van der Waals surface area (Å²) in [5.41, 5.74) is 0. The van der Waals surface area contributed by atoms with Crippen molar-refractivity contribution >= 4 is 23.8 Å². The normalized spacial score (nSPS) is 10.8. The van der Waals surface area contributed by atoms with Crippen LogP contribution in [-0.4, -0.2) is 51.2 Å². The van der Waals surface area contributed by atoms with Crippen molar-refractivity contribution in [3.05, 3.63) is 5.82 Å². The van der Waals surface area contributed by atoms with Gasteiger partial charge in [0.25, 0.3) is 0 Å². The van der Waals surface area contributed by atoms with E-state index in [4.69, 9.17) is 5.11 Å². The van der Waals surface area contributed by atoms with Gasteiger partial charge in [-0.2, -0.15) is 0 Å². The lowest BCUT2D eigenvalue weighted by Crippen LogP contribution is -2.37. The van der Waals surface area contributed by atoms with Gasteiger partial charge >= 0.3 is 12.0 Å². The second-order valence-corrected chi connectivity index (χ2v) is 6.31. The van der Waals surface area contributed by atoms with Gasteiger partial charge in [-0.05, 0) is 18.6 Å². The Kier molecular flexibility index (Phi) is 8.46. The largest absolute Gasteiger partial charge is 0.481 e. The minimum Gasteiger partial charge on any atom is -0.481 e. The molecule has 9 heteroatoms. The molecule has 2 amide bonds. The summed E-state index contributed by atoms with van der Waals surface area (Å²) in [5.74, 6) is 0.504. The summed E-state index contributed by atoms with van der Waals surface area (Å²) in [6.07, 6.45) is 3.38. The van der Waals surface area contributed by atoms with Crippen molar-refractivity contribution < 1.29 is 14.7 Å². The number of aromatic nitrogens is 3. The number of thioether (sulfide) groups is 1. The predicted molar refractivity (Wildman–Crippen MR) is 88.6 cm³/mol. The third-order valence-electron chi connectivity index (χ3n) is 3.01. The number of aryl methyl sites for hydroxylation is 1. The van der Waals surface area contributed by atoms with Crippen LogP contribution < -0.4 is 10.6 Å². The van der Waals surface area contributed by atoms with Crippen LogP contribution in [0.1, 0.15) is 32.5 Å². The van der Waals surface area contributed by atoms with Crippen LogP contribution in [0.3, 0.4) is 0 Å². The average Bonchev–Trinajstić information content (AvgIpc) is 2.84. The van der Waals surface area contributed by atoms with Gasteiger partial charge in [0.1, 0.15) is 5.82 Å². The van der Waals surface area contributed by atoms with E-state index < -0.39 is 5.97 Å². The van der Waals surface area contributed by atoms with Gasteiger partial charge in [0.2, 0.25) is 0 Å². The molecule has 0 spiro atoms. The number of hydrogen-bond acceptors (Lipinski definition) is 5. The molecule has 1 heterocycles. The summed E-state index contributed by atoms with van der Waals surface area (Å²) in [6.45, 7) is 5.80. The molecule has 0 aromatic carbocycles. The molecule has 0 aliphatic carbocycles. The molecule has 1 rings (SSSR count). The summed E-state index contributed by atoms with van der Waals surface area (Å²) in [6, 6.07) is -0.347. The van der Waals surface area contributed by atoms with E-state index >= 15 is 0 Å². The lowest BCUT2D eigenvalue weighted by Gasteiger charge is -2.12. The first-order valence-electron chi connectivity index (χ1n) is 7.63. The fourth-order valence-electron chi connectivity index (χ4n) is 2.00. The number of hydrogen-bond donors (Lipinski definition) is 3. The maximum Gasteiger partial charge on any atom is 0.314 e. The third kappa shape index (κ3) is 7.36. The Balaban J connectivity index is 2.34. The SMILES string of the molecule is CSc1nnc(CCCNC(=O)NCCC(=O)O)n1CC(C)C. The van der Waals surface area contributed by atoms with Gasteiger partial charge in [0, 0.05) is 26.1 Å². The molecule has 0 fully saturated rings. The van der Waals surface area contributed by atoms with Crippen LogP contribution in [0.5, 0.6) is 0 Å². The number of nitrogens with one attached hydrogen (secondary N) is 2. The van der Waals surface area contributed by atoms with E-state index in [9.17, 15) is 9.59 Å². The molecule has 0 aliphatic rings. The van der Waals surface area contributed by atoms with Crippen molar-refractivity contribution in [2.75, 3.05) is 19.3 Å². The molecule has 0 bridgehead atoms. The molecular weight excluding hydrogens is 318 g/mol. The molecule has 0 saturated heterocycles. The Hall–Kier alpha value is -1.77. The Labute approximate surface area is 140 Å². The number of urea groups is 1. The average molecular weight is 343 g/mol. The summed E-state index contributed by atoms with van der Waals surface area (Å²) >= 11 is 1.58. The standard InChI is InChI=1S/C14H25N5O3S/c1-10(2)9-19-11(17-18-14(19)23-3)5-4-7-15-13(22)16-8-6-12(20)21/h10H,4-9H2,1-3H3,(H,20,21)(H2,15,16,22). The summed E-state index contributed by atoms with van der Waals surface area (Å²) in [7, 11) is 0. The van der Waals surface area contributed by atoms with Gasteiger partial charge in [-0.3, -0.25) is 4.79 Å². The monoisotopic (exact) mass is 343 g/mol. The maximum atomic E-state index is 11.4. The van der Waals surface area contributed by atoms with E-state index in [0.717, 1.165) is 30.4 Å². The molecule has 0 radical (unpaired) electrons. The zero-order valence-corrected chi connectivity index (χ0v) is 14.7. The number of carbonyl (C=O) groups is 2. The molecule has 0 aliphatic heterocycles. The first kappa shape index (κ1) is 19.3. The Morgan fingerprint density at radius 3 is 2.57 bits per heavy atom. The number of carboxylic acid groups (broad SMARTS) is 1. The van der Waals surface area contributed by atoms with E-state index in [2.05, 4.69) is 39.2 Å². The maximum absolute atomic E-state index is 11.4. The number of nitrogens with zero attached hydrogens (tertiary/aromatic N) is 3. The van der Waals surface area contributed by atoms with Crippen LogP contribution in [0, 0.1) is 5.92 Å². The summed E-state index contributed by atoms with van der Waals surface area (Å²) < 4.78 is 2.13. The second-order valence-electron chi connectivity index (χ2n) is 5.54. The van der Waals surface area contributed by atoms with Crippen molar-refractivity contribution in [2.24, 2.45) is 5.92 Å². The van der Waals surface area contributed by atoms with Crippen molar-refractivity contribution in [2.45, 2.75) is 44.8 Å². The molecule has 8 nitrogen and oxygen atoms in total. The van der Waals surface area contributed by atoms with Gasteiger partial charge in [-0.15, -0.1) is 10.2 Å². The quantitative estimate of drug-likeness (QED) is 0.437. The lowest BCUT2D eigenvalue weighted by molar-refractivity contribution is -0.136. The van der Waals surface area contributed by atoms with Crippen LogP contribution in [-0.2, 0) is 17.8 Å². The second kappa shape index (κ2) is 10.1. The van der Waals surface area contributed by atoms with Crippen LogP contribution in [0.2, 0.25) is 0 Å². The van der Waals surface area contributed by atoms with E-state index in [1.807, 2.05) is 6.26 Å². The number of aliphatic carboxylic acids is 1. The van der Waals surface area contributed by atoms with E-state index in [1.165, 1.54) is 0 Å². The van der Waals surface area contributed by atoms with E-state index in [0.29, 0.717) is 12.5 Å². The molecule has 3 N–H and O–H groups in total. The summed E-state index contributed by atoms with van der Waals surface area (Å²) in [5, 5.41) is 23.0. The Morgan fingerprint density at radius 1 is 1.26 bits per heavy atom. The van der Waals surface area contributed by atoms with E-state index in [-0.39, 0.29) is 19.0 Å². The van der Waals surface area contributed by atoms with Crippen molar-refractivity contribution in [1.29, 1.82) is 0 Å². The molecule has 0 unspecified atom stereocenters. The highest BCUT2D eigenvalue weighted by atomic mass is 32.2. The molecular formula is C14H25N5O3S. The smallest absolute Gasteiger partial charge is 0.314 e. The molecule has 1 aromatic rings. The highest BCUT2D eigenvalue weighted by molar-refractivity contribution is 7.98. The number of rotatable bonds is 10. The fraction of sp³-hybridized carbons (Fsp3) is 0.714. The molecule has 130 valence electrons. The molecule has 23 heavy (non-hydrogen) atoms. The molecule has 0 saturated carbocycles. The van der Waals surface area contributed by atoms with Crippen LogP contribution >= 0.6 is 11.8 Å². The Bertz CT molecular complexity index is 519. The van der Waals surface area contributed by atoms with Gasteiger partial charge < -0.3 is 20.3 Å². The van der Waals surface area contributed by atoms with Crippen molar-refractivity contribution in [1.82, 2.24) is 25.4 Å². The fourth-order valence-corrected chi connectivity index (χ4v) is 2.52. The number of carbonyl (C=O) groups excluding carboxylic acids is 1. The third-order valence-corrected chi connectivity index (χ3v) is 3.68. The highest BCUT2D eigenvalue weighted by Gasteiger charge is 2.12. The van der Waals surface area contributed by atoms with Gasteiger partial charge in [0.05, 0.1) is 6.42 Å². The summed E-state index contributed by atoms with van der Waals surface area (Å²) in [4.78, 5) is 21.8. The zero-order chi connectivity index (χ0) is 17.2. The van der Waals surface area contributed by atoms with E-state index in [1.54, 1.807) is 11.8 Å².